The first-order chi connectivity index (χ1) is 8.61. The van der Waals surface area contributed by atoms with Crippen molar-refractivity contribution in [2.45, 2.75) is 25.3 Å². The highest BCUT2D eigenvalue weighted by atomic mass is 19.1. The minimum absolute atomic E-state index is 0.0133. The molecule has 5 heteroatoms. The van der Waals surface area contributed by atoms with Gasteiger partial charge in [0.25, 0.3) is 0 Å². The molecule has 0 saturated carbocycles. The van der Waals surface area contributed by atoms with Gasteiger partial charge in [0.05, 0.1) is 23.7 Å². The van der Waals surface area contributed by atoms with Crippen molar-refractivity contribution in [2.75, 3.05) is 11.4 Å². The van der Waals surface area contributed by atoms with Crippen molar-refractivity contribution in [3.8, 4) is 6.07 Å². The van der Waals surface area contributed by atoms with Crippen LogP contribution >= 0.6 is 0 Å². The third-order valence-electron chi connectivity index (χ3n) is 3.17. The first-order valence-corrected chi connectivity index (χ1v) is 5.80. The van der Waals surface area contributed by atoms with Crippen LogP contribution < -0.4 is 4.90 Å². The van der Waals surface area contributed by atoms with E-state index >= 15 is 0 Å². The molecule has 1 N–H and O–H groups in total. The number of benzene rings is 1. The second-order valence-electron chi connectivity index (χ2n) is 4.37. The lowest BCUT2D eigenvalue weighted by Crippen LogP contribution is -2.31. The Balaban J connectivity index is 2.25. The molecule has 1 saturated heterocycles. The van der Waals surface area contributed by atoms with Crippen molar-refractivity contribution in [2.24, 2.45) is 0 Å². The molecule has 0 radical (unpaired) electrons. The van der Waals surface area contributed by atoms with Gasteiger partial charge < -0.3 is 10.0 Å². The lowest BCUT2D eigenvalue weighted by molar-refractivity contribution is -0.137. The van der Waals surface area contributed by atoms with Gasteiger partial charge in [-0.25, -0.2) is 4.39 Å². The molecule has 0 aliphatic carbocycles. The number of anilines is 1. The standard InChI is InChI=1S/C13H13FN2O2/c14-11-6-9(8-15)3-4-12(11)16-5-1-2-10(16)7-13(17)18/h3-4,6,10H,1-2,5,7H2,(H,17,18). The fraction of sp³-hybridized carbons (Fsp3) is 0.385. The molecular formula is C13H13FN2O2. The molecule has 1 aromatic carbocycles. The maximum atomic E-state index is 13.9. The average Bonchev–Trinajstić information content (AvgIpc) is 2.76. The zero-order valence-electron chi connectivity index (χ0n) is 9.77. The van der Waals surface area contributed by atoms with Crippen molar-refractivity contribution in [1.82, 2.24) is 0 Å². The number of carbonyl (C=O) groups is 1. The number of hydrogen-bond acceptors (Lipinski definition) is 3. The van der Waals surface area contributed by atoms with Gasteiger partial charge in [0, 0.05) is 12.6 Å². The predicted molar refractivity (Wildman–Crippen MR) is 63.7 cm³/mol. The van der Waals surface area contributed by atoms with E-state index < -0.39 is 11.8 Å². The normalized spacial score (nSPS) is 18.7. The van der Waals surface area contributed by atoms with E-state index in [1.54, 1.807) is 17.0 Å². The second kappa shape index (κ2) is 5.05. The summed E-state index contributed by atoms with van der Waals surface area (Å²) in [5.41, 5.74) is 0.656. The highest BCUT2D eigenvalue weighted by molar-refractivity contribution is 5.69. The Kier molecular flexibility index (Phi) is 3.47. The summed E-state index contributed by atoms with van der Waals surface area (Å²) in [5, 5.41) is 17.5. The maximum Gasteiger partial charge on any atom is 0.305 e. The van der Waals surface area contributed by atoms with E-state index in [1.165, 1.54) is 6.07 Å². The molecule has 1 aromatic rings. The van der Waals surface area contributed by atoms with E-state index in [0.29, 0.717) is 12.2 Å². The minimum Gasteiger partial charge on any atom is -0.481 e. The highest BCUT2D eigenvalue weighted by Crippen LogP contribution is 2.29. The molecule has 0 bridgehead atoms. The van der Waals surface area contributed by atoms with Crippen LogP contribution in [0.2, 0.25) is 0 Å². The second-order valence-corrected chi connectivity index (χ2v) is 4.37. The Bertz CT molecular complexity index is 510. The maximum absolute atomic E-state index is 13.9. The molecule has 18 heavy (non-hydrogen) atoms. The van der Waals surface area contributed by atoms with E-state index in [4.69, 9.17) is 10.4 Å². The van der Waals surface area contributed by atoms with Gasteiger partial charge in [-0.15, -0.1) is 0 Å². The highest BCUT2D eigenvalue weighted by Gasteiger charge is 2.28. The van der Waals surface area contributed by atoms with Gasteiger partial charge in [-0.1, -0.05) is 0 Å². The van der Waals surface area contributed by atoms with Crippen LogP contribution in [0.3, 0.4) is 0 Å². The summed E-state index contributed by atoms with van der Waals surface area (Å²) >= 11 is 0. The zero-order valence-corrected chi connectivity index (χ0v) is 9.77. The summed E-state index contributed by atoms with van der Waals surface area (Å²) in [7, 11) is 0. The topological polar surface area (TPSA) is 64.3 Å². The van der Waals surface area contributed by atoms with E-state index in [0.717, 1.165) is 12.8 Å². The van der Waals surface area contributed by atoms with Gasteiger partial charge in [0.2, 0.25) is 0 Å². The van der Waals surface area contributed by atoms with Gasteiger partial charge in [-0.2, -0.15) is 5.26 Å². The molecule has 1 atom stereocenters. The number of carboxylic acid groups (broad SMARTS) is 1. The summed E-state index contributed by atoms with van der Waals surface area (Å²) in [4.78, 5) is 12.5. The first kappa shape index (κ1) is 12.4. The van der Waals surface area contributed by atoms with Crippen molar-refractivity contribution >= 4 is 11.7 Å². The van der Waals surface area contributed by atoms with Crippen LogP contribution in [-0.2, 0) is 4.79 Å². The number of halogens is 1. The SMILES string of the molecule is N#Cc1ccc(N2CCCC2CC(=O)O)c(F)c1. The number of nitrogens with zero attached hydrogens (tertiary/aromatic N) is 2. The number of aliphatic carboxylic acids is 1. The number of nitriles is 1. The Morgan fingerprint density at radius 2 is 2.39 bits per heavy atom. The fourth-order valence-electron chi connectivity index (χ4n) is 2.38. The third-order valence-corrected chi connectivity index (χ3v) is 3.17. The third kappa shape index (κ3) is 2.43. The van der Waals surface area contributed by atoms with Gasteiger partial charge in [0.15, 0.2) is 0 Å². The lowest BCUT2D eigenvalue weighted by Gasteiger charge is -2.26. The van der Waals surface area contributed by atoms with E-state index in [2.05, 4.69) is 0 Å². The van der Waals surface area contributed by atoms with Crippen molar-refractivity contribution < 1.29 is 14.3 Å². The molecule has 2 rings (SSSR count). The zero-order chi connectivity index (χ0) is 13.1. The van der Waals surface area contributed by atoms with Crippen LogP contribution in [0.5, 0.6) is 0 Å². The van der Waals surface area contributed by atoms with Gasteiger partial charge in [-0.3, -0.25) is 4.79 Å². The van der Waals surface area contributed by atoms with Crippen LogP contribution in [0.25, 0.3) is 0 Å². The Morgan fingerprint density at radius 1 is 1.61 bits per heavy atom. The number of hydrogen-bond donors (Lipinski definition) is 1. The Morgan fingerprint density at radius 3 is 3.00 bits per heavy atom. The van der Waals surface area contributed by atoms with Crippen molar-refractivity contribution in [3.05, 3.63) is 29.6 Å². The molecule has 4 nitrogen and oxygen atoms in total. The molecular weight excluding hydrogens is 235 g/mol. The van der Waals surface area contributed by atoms with E-state index in [9.17, 15) is 9.18 Å². The van der Waals surface area contributed by atoms with Crippen LogP contribution in [0.15, 0.2) is 18.2 Å². The van der Waals surface area contributed by atoms with Gasteiger partial charge in [0.1, 0.15) is 5.82 Å². The Labute approximate surface area is 104 Å². The molecule has 94 valence electrons. The summed E-state index contributed by atoms with van der Waals surface area (Å²) in [6.07, 6.45) is 1.63. The molecule has 0 spiro atoms. The Hall–Kier alpha value is -2.09. The molecule has 0 amide bonds. The fourth-order valence-corrected chi connectivity index (χ4v) is 2.38. The molecule has 1 heterocycles. The molecule has 1 aliphatic heterocycles. The first-order valence-electron chi connectivity index (χ1n) is 5.80. The van der Waals surface area contributed by atoms with Crippen LogP contribution in [0.4, 0.5) is 10.1 Å². The van der Waals surface area contributed by atoms with Gasteiger partial charge in [-0.05, 0) is 31.0 Å². The number of carboxylic acids is 1. The minimum atomic E-state index is -0.874. The van der Waals surface area contributed by atoms with Crippen molar-refractivity contribution in [3.63, 3.8) is 0 Å². The molecule has 0 aromatic heterocycles. The van der Waals surface area contributed by atoms with E-state index in [1.807, 2.05) is 6.07 Å². The molecule has 1 unspecified atom stereocenters. The van der Waals surface area contributed by atoms with Gasteiger partial charge >= 0.3 is 5.97 Å². The van der Waals surface area contributed by atoms with Crippen LogP contribution in [-0.4, -0.2) is 23.7 Å². The predicted octanol–water partition coefficient (Wildman–Crippen LogP) is 2.14. The summed E-state index contributed by atoms with van der Waals surface area (Å²) in [6.45, 7) is 0.654. The van der Waals surface area contributed by atoms with E-state index in [-0.39, 0.29) is 18.0 Å². The largest absolute Gasteiger partial charge is 0.481 e. The van der Waals surface area contributed by atoms with Crippen molar-refractivity contribution in [1.29, 1.82) is 5.26 Å². The summed E-state index contributed by atoms with van der Waals surface area (Å²) < 4.78 is 13.9. The molecule has 1 aliphatic rings. The average molecular weight is 248 g/mol. The quantitative estimate of drug-likeness (QED) is 0.890. The monoisotopic (exact) mass is 248 g/mol. The summed E-state index contributed by atoms with van der Waals surface area (Å²) in [6, 6.07) is 6.00. The smallest absolute Gasteiger partial charge is 0.305 e. The lowest BCUT2D eigenvalue weighted by atomic mass is 10.1. The molecule has 1 fully saturated rings. The summed E-state index contributed by atoms with van der Waals surface area (Å²) in [5.74, 6) is -1.34. The van der Waals surface area contributed by atoms with Crippen LogP contribution in [0.1, 0.15) is 24.8 Å². The number of rotatable bonds is 3. The van der Waals surface area contributed by atoms with Crippen LogP contribution in [0, 0.1) is 17.1 Å².